The van der Waals surface area contributed by atoms with Crippen LogP contribution in [0.1, 0.15) is 45.7 Å². The molecule has 4 aromatic rings. The van der Waals surface area contributed by atoms with Crippen molar-refractivity contribution in [2.75, 3.05) is 12.4 Å². The Labute approximate surface area is 247 Å². The summed E-state index contributed by atoms with van der Waals surface area (Å²) in [5, 5.41) is 2.56. The first-order valence-corrected chi connectivity index (χ1v) is 13.7. The van der Waals surface area contributed by atoms with Crippen molar-refractivity contribution < 1.29 is 32.3 Å². The van der Waals surface area contributed by atoms with Gasteiger partial charge in [-0.3, -0.25) is 9.59 Å². The lowest BCUT2D eigenvalue weighted by atomic mass is 9.95. The molecule has 9 heteroatoms. The molecule has 0 saturated heterocycles. The van der Waals surface area contributed by atoms with Gasteiger partial charge in [-0.05, 0) is 64.1 Å². The number of hydrogen-bond acceptors (Lipinski definition) is 4. The van der Waals surface area contributed by atoms with E-state index in [4.69, 9.17) is 4.74 Å². The first-order chi connectivity index (χ1) is 20.5. The summed E-state index contributed by atoms with van der Waals surface area (Å²) in [5.74, 6) is -1.78. The van der Waals surface area contributed by atoms with Crippen molar-refractivity contribution >= 4 is 23.5 Å². The summed E-state index contributed by atoms with van der Waals surface area (Å²) in [5.41, 5.74) is 2.10. The molecule has 1 aliphatic heterocycles. The van der Waals surface area contributed by atoms with Crippen LogP contribution in [0.4, 0.5) is 18.9 Å². The Balaban J connectivity index is 1.41. The van der Waals surface area contributed by atoms with Crippen molar-refractivity contribution in [3.63, 3.8) is 0 Å². The maximum atomic E-state index is 14.3. The van der Waals surface area contributed by atoms with Gasteiger partial charge in [0.25, 0.3) is 11.8 Å². The van der Waals surface area contributed by atoms with Crippen LogP contribution in [0.2, 0.25) is 0 Å². The first-order valence-electron chi connectivity index (χ1n) is 13.7. The normalized spacial score (nSPS) is 13.6. The smallest absolute Gasteiger partial charge is 0.417 e. The lowest BCUT2D eigenvalue weighted by Crippen LogP contribution is -2.45. The number of rotatable bonds is 7. The minimum Gasteiger partial charge on any atom is -0.467 e. The lowest BCUT2D eigenvalue weighted by Gasteiger charge is -2.28. The number of nitrogens with one attached hydrogen (secondary N) is 1. The molecule has 0 saturated carbocycles. The van der Waals surface area contributed by atoms with Crippen LogP contribution in [0, 0.1) is 5.92 Å². The minimum absolute atomic E-state index is 0.0190. The second kappa shape index (κ2) is 11.8. The van der Waals surface area contributed by atoms with Gasteiger partial charge in [-0.25, -0.2) is 4.79 Å². The molecule has 43 heavy (non-hydrogen) atoms. The zero-order valence-electron chi connectivity index (χ0n) is 23.7. The molecule has 220 valence electrons. The molecule has 0 spiro atoms. The highest BCUT2D eigenvalue weighted by Gasteiger charge is 2.39. The summed E-state index contributed by atoms with van der Waals surface area (Å²) in [6, 6.07) is 23.7. The van der Waals surface area contributed by atoms with E-state index in [2.05, 4.69) is 5.32 Å². The maximum absolute atomic E-state index is 14.3. The molecule has 2 amide bonds. The number of benzene rings is 4. The number of methoxy groups -OCH3 is 1. The summed E-state index contributed by atoms with van der Waals surface area (Å²) in [6.07, 6.45) is -4.74. The number of esters is 1. The molecule has 1 atom stereocenters. The van der Waals surface area contributed by atoms with Gasteiger partial charge in [-0.2, -0.15) is 13.2 Å². The van der Waals surface area contributed by atoms with Crippen LogP contribution < -0.4 is 5.32 Å². The highest BCUT2D eigenvalue weighted by Crippen LogP contribution is 2.40. The second-order valence-electron chi connectivity index (χ2n) is 10.7. The third-order valence-electron chi connectivity index (χ3n) is 7.50. The Bertz CT molecular complexity index is 1680. The Kier molecular flexibility index (Phi) is 8.08. The zero-order valence-corrected chi connectivity index (χ0v) is 23.7. The second-order valence-corrected chi connectivity index (χ2v) is 10.7. The van der Waals surface area contributed by atoms with Crippen LogP contribution in [-0.2, 0) is 22.3 Å². The Hall–Kier alpha value is -4.92. The van der Waals surface area contributed by atoms with Crippen molar-refractivity contribution in [2.45, 2.75) is 32.6 Å². The highest BCUT2D eigenvalue weighted by molar-refractivity contribution is 6.05. The van der Waals surface area contributed by atoms with Crippen molar-refractivity contribution in [2.24, 2.45) is 5.92 Å². The molecule has 0 fully saturated rings. The molecule has 1 heterocycles. The standard InChI is InChI=1S/C34H29F3N2O4/c1-20(2)30(33(42)43-3)39-19-25-14-13-24(17-28(25)32(39)41)27-16-15-26(18-29(27)34(35,36)37)38-31(40)23-11-9-22(10-12-23)21-7-5-4-6-8-21/h4-18,20,30H,19H2,1-3H3,(H,38,40)/t30-/m0/s1. The van der Waals surface area contributed by atoms with E-state index in [9.17, 15) is 27.6 Å². The first kappa shape index (κ1) is 29.6. The summed E-state index contributed by atoms with van der Waals surface area (Å²) in [7, 11) is 1.25. The molecular formula is C34H29F3N2O4. The van der Waals surface area contributed by atoms with E-state index >= 15 is 0 Å². The molecular weight excluding hydrogens is 557 g/mol. The van der Waals surface area contributed by atoms with Crippen molar-refractivity contribution in [1.29, 1.82) is 0 Å². The van der Waals surface area contributed by atoms with Crippen molar-refractivity contribution in [3.8, 4) is 22.3 Å². The Morgan fingerprint density at radius 3 is 2.12 bits per heavy atom. The zero-order chi connectivity index (χ0) is 30.9. The Morgan fingerprint density at radius 1 is 0.837 bits per heavy atom. The van der Waals surface area contributed by atoms with Gasteiger partial charge in [0.1, 0.15) is 6.04 Å². The van der Waals surface area contributed by atoms with E-state index in [1.165, 1.54) is 36.3 Å². The monoisotopic (exact) mass is 586 g/mol. The van der Waals surface area contributed by atoms with Crippen LogP contribution in [0.3, 0.4) is 0 Å². The van der Waals surface area contributed by atoms with Crippen LogP contribution >= 0.6 is 0 Å². The maximum Gasteiger partial charge on any atom is 0.417 e. The summed E-state index contributed by atoms with van der Waals surface area (Å²) < 4.78 is 47.7. The van der Waals surface area contributed by atoms with Gasteiger partial charge in [0.15, 0.2) is 0 Å². The largest absolute Gasteiger partial charge is 0.467 e. The topological polar surface area (TPSA) is 75.7 Å². The minimum atomic E-state index is -4.74. The molecule has 5 rings (SSSR count). The summed E-state index contributed by atoms with van der Waals surface area (Å²) >= 11 is 0. The highest BCUT2D eigenvalue weighted by atomic mass is 19.4. The fourth-order valence-electron chi connectivity index (χ4n) is 5.35. The number of hydrogen-bond donors (Lipinski definition) is 1. The molecule has 1 aliphatic rings. The number of halogens is 3. The van der Waals surface area contributed by atoms with Gasteiger partial charge < -0.3 is 15.0 Å². The molecule has 0 bridgehead atoms. The van der Waals surface area contributed by atoms with Gasteiger partial charge in [0, 0.05) is 23.4 Å². The van der Waals surface area contributed by atoms with E-state index in [0.717, 1.165) is 17.2 Å². The van der Waals surface area contributed by atoms with E-state index in [0.29, 0.717) is 11.1 Å². The van der Waals surface area contributed by atoms with Gasteiger partial charge in [-0.15, -0.1) is 0 Å². The number of ether oxygens (including phenoxy) is 1. The van der Waals surface area contributed by atoms with E-state index in [1.807, 2.05) is 30.3 Å². The molecule has 4 aromatic carbocycles. The molecule has 1 N–H and O–H groups in total. The number of amides is 2. The van der Waals surface area contributed by atoms with E-state index in [-0.39, 0.29) is 34.8 Å². The lowest BCUT2D eigenvalue weighted by molar-refractivity contribution is -0.147. The van der Waals surface area contributed by atoms with Crippen molar-refractivity contribution in [3.05, 3.63) is 113 Å². The molecule has 6 nitrogen and oxygen atoms in total. The number of anilines is 1. The van der Waals surface area contributed by atoms with Gasteiger partial charge in [0.05, 0.1) is 12.7 Å². The average Bonchev–Trinajstić information content (AvgIpc) is 3.31. The molecule has 0 aromatic heterocycles. The van der Waals surface area contributed by atoms with Crippen molar-refractivity contribution in [1.82, 2.24) is 4.90 Å². The predicted molar refractivity (Wildman–Crippen MR) is 157 cm³/mol. The number of nitrogens with zero attached hydrogens (tertiary/aromatic N) is 1. The number of alkyl halides is 3. The van der Waals surface area contributed by atoms with Crippen LogP contribution in [0.15, 0.2) is 91.0 Å². The van der Waals surface area contributed by atoms with Gasteiger partial charge in [0.2, 0.25) is 0 Å². The fraction of sp³-hybridized carbons (Fsp3) is 0.206. The SMILES string of the molecule is COC(=O)[C@H](C(C)C)N1Cc2ccc(-c3ccc(NC(=O)c4ccc(-c5ccccc5)cc4)cc3C(F)(F)F)cc2C1=O. The van der Waals surface area contributed by atoms with Crippen LogP contribution in [-0.4, -0.2) is 35.8 Å². The fourth-order valence-corrected chi connectivity index (χ4v) is 5.35. The molecule has 0 unspecified atom stereocenters. The van der Waals surface area contributed by atoms with Crippen LogP contribution in [0.25, 0.3) is 22.3 Å². The van der Waals surface area contributed by atoms with Crippen LogP contribution in [0.5, 0.6) is 0 Å². The number of fused-ring (bicyclic) bond motifs is 1. The number of carbonyl (C=O) groups is 3. The number of carbonyl (C=O) groups excluding carboxylic acids is 3. The third kappa shape index (κ3) is 6.02. The quantitative estimate of drug-likeness (QED) is 0.228. The van der Waals surface area contributed by atoms with E-state index < -0.39 is 35.6 Å². The van der Waals surface area contributed by atoms with Gasteiger partial charge >= 0.3 is 12.1 Å². The van der Waals surface area contributed by atoms with E-state index in [1.54, 1.807) is 44.2 Å². The molecule has 0 aliphatic carbocycles. The summed E-state index contributed by atoms with van der Waals surface area (Å²) in [4.78, 5) is 39.9. The third-order valence-corrected chi connectivity index (χ3v) is 7.50. The average molecular weight is 587 g/mol. The summed E-state index contributed by atoms with van der Waals surface area (Å²) in [6.45, 7) is 3.73. The predicted octanol–water partition coefficient (Wildman–Crippen LogP) is 7.45. The van der Waals surface area contributed by atoms with Gasteiger partial charge in [-0.1, -0.05) is 74.5 Å². The molecule has 0 radical (unpaired) electrons. The Morgan fingerprint density at radius 2 is 1.49 bits per heavy atom.